The second kappa shape index (κ2) is 2.74. The first kappa shape index (κ1) is 6.40. The molecule has 0 aromatic heterocycles. The Morgan fingerprint density at radius 1 is 1.45 bits per heavy atom. The van der Waals surface area contributed by atoms with E-state index in [0.717, 1.165) is 24.3 Å². The zero-order chi connectivity index (χ0) is 7.52. The number of ether oxygens (including phenoxy) is 1. The fraction of sp³-hybridized carbons (Fsp3) is 0.222. The molecule has 1 heterocycles. The first-order valence-electron chi connectivity index (χ1n) is 3.72. The van der Waals surface area contributed by atoms with E-state index in [9.17, 15) is 0 Å². The molecule has 0 spiro atoms. The van der Waals surface area contributed by atoms with Crippen molar-refractivity contribution in [2.24, 2.45) is 4.99 Å². The lowest BCUT2D eigenvalue weighted by molar-refractivity contribution is 0.329. The smallest absolute Gasteiger partial charge is 0.129 e. The van der Waals surface area contributed by atoms with Crippen molar-refractivity contribution in [3.63, 3.8) is 0 Å². The van der Waals surface area contributed by atoms with Gasteiger partial charge in [-0.1, -0.05) is 6.08 Å². The summed E-state index contributed by atoms with van der Waals surface area (Å²) in [6.07, 6.45) is 11.4. The third-order valence-corrected chi connectivity index (χ3v) is 1.69. The topological polar surface area (TPSA) is 21.6 Å². The zero-order valence-corrected chi connectivity index (χ0v) is 6.16. The van der Waals surface area contributed by atoms with Crippen LogP contribution in [0.5, 0.6) is 0 Å². The fourth-order valence-corrected chi connectivity index (χ4v) is 1.14. The average Bonchev–Trinajstić information content (AvgIpc) is 2.28. The molecule has 0 aromatic rings. The summed E-state index contributed by atoms with van der Waals surface area (Å²) >= 11 is 0. The van der Waals surface area contributed by atoms with Crippen molar-refractivity contribution in [2.45, 2.75) is 12.8 Å². The van der Waals surface area contributed by atoms with Crippen LogP contribution in [0.25, 0.3) is 0 Å². The van der Waals surface area contributed by atoms with Crippen LogP contribution in [0.3, 0.4) is 0 Å². The van der Waals surface area contributed by atoms with Crippen LogP contribution in [-0.2, 0) is 4.74 Å². The molecular formula is C9H9NO. The zero-order valence-electron chi connectivity index (χ0n) is 6.16. The van der Waals surface area contributed by atoms with Gasteiger partial charge in [0, 0.05) is 12.6 Å². The number of hydrogen-bond acceptors (Lipinski definition) is 2. The van der Waals surface area contributed by atoms with Crippen molar-refractivity contribution in [3.05, 3.63) is 35.9 Å². The molecule has 0 bridgehead atoms. The molecule has 0 radical (unpaired) electrons. The molecule has 0 aromatic carbocycles. The Labute approximate surface area is 65.6 Å². The van der Waals surface area contributed by atoms with Crippen LogP contribution in [0, 0.1) is 0 Å². The first-order chi connectivity index (χ1) is 5.47. The molecule has 1 aliphatic carbocycles. The number of nitrogens with zero attached hydrogens (tertiary/aromatic N) is 1. The van der Waals surface area contributed by atoms with E-state index < -0.39 is 0 Å². The summed E-state index contributed by atoms with van der Waals surface area (Å²) < 4.78 is 5.33. The van der Waals surface area contributed by atoms with E-state index in [1.165, 1.54) is 0 Å². The van der Waals surface area contributed by atoms with Crippen LogP contribution >= 0.6 is 0 Å². The normalized spacial score (nSPS) is 21.1. The van der Waals surface area contributed by atoms with E-state index in [1.807, 2.05) is 6.08 Å². The lowest BCUT2D eigenvalue weighted by Crippen LogP contribution is -1.93. The van der Waals surface area contributed by atoms with Gasteiger partial charge in [-0.3, -0.25) is 4.99 Å². The summed E-state index contributed by atoms with van der Waals surface area (Å²) in [6, 6.07) is 0. The Hall–Kier alpha value is -1.31. The van der Waals surface area contributed by atoms with Crippen LogP contribution < -0.4 is 0 Å². The van der Waals surface area contributed by atoms with Crippen LogP contribution in [0.4, 0.5) is 0 Å². The minimum absolute atomic E-state index is 0.959. The molecule has 2 aliphatic rings. The maximum atomic E-state index is 5.33. The molecule has 0 N–H and O–H groups in total. The molecule has 1 aliphatic heterocycles. The van der Waals surface area contributed by atoms with Gasteiger partial charge >= 0.3 is 0 Å². The van der Waals surface area contributed by atoms with Gasteiger partial charge in [-0.15, -0.1) is 0 Å². The highest BCUT2D eigenvalue weighted by Crippen LogP contribution is 2.21. The lowest BCUT2D eigenvalue weighted by atomic mass is 10.1. The monoisotopic (exact) mass is 147 g/mol. The summed E-state index contributed by atoms with van der Waals surface area (Å²) in [7, 11) is 0. The summed E-state index contributed by atoms with van der Waals surface area (Å²) in [4.78, 5) is 4.20. The van der Waals surface area contributed by atoms with E-state index >= 15 is 0 Å². The number of hydrogen-bond donors (Lipinski definition) is 0. The van der Waals surface area contributed by atoms with Gasteiger partial charge in [-0.2, -0.15) is 0 Å². The van der Waals surface area contributed by atoms with E-state index in [2.05, 4.69) is 11.1 Å². The molecule has 0 saturated carbocycles. The van der Waals surface area contributed by atoms with Crippen molar-refractivity contribution in [3.8, 4) is 0 Å². The quantitative estimate of drug-likeness (QED) is 0.514. The molecule has 0 unspecified atom stereocenters. The second-order valence-electron chi connectivity index (χ2n) is 2.47. The van der Waals surface area contributed by atoms with Crippen LogP contribution in [-0.4, -0.2) is 6.21 Å². The Kier molecular flexibility index (Phi) is 1.60. The molecule has 0 amide bonds. The van der Waals surface area contributed by atoms with Gasteiger partial charge in [-0.25, -0.2) is 0 Å². The van der Waals surface area contributed by atoms with Crippen LogP contribution in [0.1, 0.15) is 12.8 Å². The van der Waals surface area contributed by atoms with Crippen LogP contribution in [0.2, 0.25) is 0 Å². The average molecular weight is 147 g/mol. The molecule has 0 atom stereocenters. The summed E-state index contributed by atoms with van der Waals surface area (Å²) in [5.74, 6) is 0.984. The molecule has 2 nitrogen and oxygen atoms in total. The van der Waals surface area contributed by atoms with Gasteiger partial charge < -0.3 is 4.74 Å². The predicted octanol–water partition coefficient (Wildman–Crippen LogP) is 2.16. The van der Waals surface area contributed by atoms with Gasteiger partial charge in [0.1, 0.15) is 11.5 Å². The number of allylic oxidation sites excluding steroid dienone is 4. The molecule has 56 valence electrons. The highest BCUT2D eigenvalue weighted by molar-refractivity contribution is 5.72. The van der Waals surface area contributed by atoms with Gasteiger partial charge in [-0.05, 0) is 18.6 Å². The number of aliphatic imine (C=N–C) groups is 1. The maximum absolute atomic E-state index is 5.33. The Bertz CT molecular complexity index is 271. The van der Waals surface area contributed by atoms with Gasteiger partial charge in [0.25, 0.3) is 0 Å². The summed E-state index contributed by atoms with van der Waals surface area (Å²) in [5.41, 5.74) is 0.959. The van der Waals surface area contributed by atoms with Crippen LogP contribution in [0.15, 0.2) is 40.9 Å². The van der Waals surface area contributed by atoms with E-state index in [1.54, 1.807) is 18.6 Å². The summed E-state index contributed by atoms with van der Waals surface area (Å²) in [5, 5.41) is 0. The van der Waals surface area contributed by atoms with E-state index in [4.69, 9.17) is 4.74 Å². The molecule has 11 heavy (non-hydrogen) atoms. The molecule has 0 fully saturated rings. The molecule has 0 saturated heterocycles. The van der Waals surface area contributed by atoms with Gasteiger partial charge in [0.05, 0.1) is 6.26 Å². The second-order valence-corrected chi connectivity index (χ2v) is 2.47. The Morgan fingerprint density at radius 2 is 2.45 bits per heavy atom. The highest BCUT2D eigenvalue weighted by atomic mass is 16.5. The molecular weight excluding hydrogens is 138 g/mol. The van der Waals surface area contributed by atoms with Crippen molar-refractivity contribution in [1.29, 1.82) is 0 Å². The van der Waals surface area contributed by atoms with Crippen molar-refractivity contribution in [1.82, 2.24) is 0 Å². The highest BCUT2D eigenvalue weighted by Gasteiger charge is 2.08. The first-order valence-corrected chi connectivity index (χ1v) is 3.72. The van der Waals surface area contributed by atoms with E-state index in [0.29, 0.717) is 0 Å². The maximum Gasteiger partial charge on any atom is 0.129 e. The lowest BCUT2D eigenvalue weighted by Gasteiger charge is -2.09. The van der Waals surface area contributed by atoms with Gasteiger partial charge in [0.15, 0.2) is 0 Å². The minimum atomic E-state index is 0.959. The Balaban J connectivity index is 2.34. The number of rotatable bonds is 0. The van der Waals surface area contributed by atoms with Crippen molar-refractivity contribution >= 4 is 6.21 Å². The minimum Gasteiger partial charge on any atom is -0.467 e. The summed E-state index contributed by atoms with van der Waals surface area (Å²) in [6.45, 7) is 0. The largest absolute Gasteiger partial charge is 0.467 e. The standard InChI is InChI=1S/C9H9NO/c1-2-5-9-8(4-1)10-6-3-7-11-9/h1,3-4,6-7H,2,5H2. The predicted molar refractivity (Wildman–Crippen MR) is 44.1 cm³/mol. The molecule has 2 rings (SSSR count). The Morgan fingerprint density at radius 3 is 3.45 bits per heavy atom. The third kappa shape index (κ3) is 1.24. The molecule has 2 heteroatoms. The van der Waals surface area contributed by atoms with Crippen molar-refractivity contribution in [2.75, 3.05) is 0 Å². The van der Waals surface area contributed by atoms with Crippen molar-refractivity contribution < 1.29 is 4.74 Å². The van der Waals surface area contributed by atoms with E-state index in [-0.39, 0.29) is 0 Å². The third-order valence-electron chi connectivity index (χ3n) is 1.69. The van der Waals surface area contributed by atoms with Gasteiger partial charge in [0.2, 0.25) is 0 Å². The SMILES string of the molecule is C1=COC2=C(C=CCC2)N=C1. The fourth-order valence-electron chi connectivity index (χ4n) is 1.14.